The van der Waals surface area contributed by atoms with Crippen molar-refractivity contribution in [2.24, 2.45) is 0 Å². The average molecular weight is 432 g/mol. The number of hydrogen-bond donors (Lipinski definition) is 2. The summed E-state index contributed by atoms with van der Waals surface area (Å²) in [6.07, 6.45) is 7.95. The zero-order valence-corrected chi connectivity index (χ0v) is 18.1. The molecule has 4 rings (SSSR count). The molecule has 2 heterocycles. The van der Waals surface area contributed by atoms with Crippen LogP contribution < -0.4 is 10.6 Å². The van der Waals surface area contributed by atoms with E-state index in [2.05, 4.69) is 10.6 Å². The van der Waals surface area contributed by atoms with Crippen molar-refractivity contribution in [3.63, 3.8) is 0 Å². The number of rotatable bonds is 6. The normalized spacial score (nSPS) is 18.4. The summed E-state index contributed by atoms with van der Waals surface area (Å²) < 4.78 is 32.5. The van der Waals surface area contributed by atoms with Crippen molar-refractivity contribution < 1.29 is 17.6 Å². The average Bonchev–Trinajstić information content (AvgIpc) is 3.41. The molecule has 8 heteroatoms. The number of nitrogens with one attached hydrogen (secondary N) is 2. The Morgan fingerprint density at radius 3 is 2.30 bits per heavy atom. The fourth-order valence-electron chi connectivity index (χ4n) is 4.23. The van der Waals surface area contributed by atoms with Gasteiger partial charge in [0.1, 0.15) is 10.7 Å². The lowest BCUT2D eigenvalue weighted by Gasteiger charge is -2.23. The van der Waals surface area contributed by atoms with E-state index in [1.807, 2.05) is 24.3 Å². The van der Waals surface area contributed by atoms with Gasteiger partial charge in [-0.05, 0) is 56.9 Å². The summed E-state index contributed by atoms with van der Waals surface area (Å²) in [5, 5.41) is 6.33. The number of aryl methyl sites for hydroxylation is 1. The van der Waals surface area contributed by atoms with Gasteiger partial charge in [0.25, 0.3) is 5.91 Å². The minimum atomic E-state index is -3.62. The summed E-state index contributed by atoms with van der Waals surface area (Å²) in [6.45, 7) is 2.59. The number of hydrogen-bond acceptors (Lipinski definition) is 5. The number of carbonyl (C=O) groups is 1. The Balaban J connectivity index is 1.41. The van der Waals surface area contributed by atoms with E-state index in [0.29, 0.717) is 24.8 Å². The lowest BCUT2D eigenvalue weighted by molar-refractivity contribution is 0.0995. The van der Waals surface area contributed by atoms with Gasteiger partial charge in [-0.2, -0.15) is 4.31 Å². The van der Waals surface area contributed by atoms with E-state index in [9.17, 15) is 13.2 Å². The van der Waals surface area contributed by atoms with E-state index in [1.54, 1.807) is 6.92 Å². The van der Waals surface area contributed by atoms with Crippen LogP contribution in [0, 0.1) is 6.92 Å². The van der Waals surface area contributed by atoms with Crippen molar-refractivity contribution in [3.8, 4) is 0 Å². The van der Waals surface area contributed by atoms with Crippen LogP contribution in [0.3, 0.4) is 0 Å². The molecule has 1 aromatic carbocycles. The number of benzene rings is 1. The summed E-state index contributed by atoms with van der Waals surface area (Å²) in [5.74, 6) is -0.234. The zero-order valence-electron chi connectivity index (χ0n) is 17.3. The largest absolute Gasteiger partial charge is 0.455 e. The standard InChI is InChI=1S/C22H29N3O4S/c1-16-21(30(27,28)25-13-5-6-14-25)15-20(29-16)22(26)24-19-11-9-18(10-12-19)23-17-7-3-2-4-8-17/h9-12,15,17,23H,2-8,13-14H2,1H3,(H,24,26). The molecule has 7 nitrogen and oxygen atoms in total. The van der Waals surface area contributed by atoms with Crippen molar-refractivity contribution in [2.45, 2.75) is 62.8 Å². The molecule has 0 spiro atoms. The van der Waals surface area contributed by atoms with Gasteiger partial charge in [-0.15, -0.1) is 0 Å². The van der Waals surface area contributed by atoms with E-state index in [1.165, 1.54) is 42.5 Å². The first kappa shape index (κ1) is 20.9. The molecule has 1 aromatic heterocycles. The second-order valence-corrected chi connectivity index (χ2v) is 10.1. The molecular weight excluding hydrogens is 402 g/mol. The maximum Gasteiger partial charge on any atom is 0.291 e. The number of furan rings is 1. The predicted molar refractivity (Wildman–Crippen MR) is 116 cm³/mol. The number of carbonyl (C=O) groups excluding carboxylic acids is 1. The fraction of sp³-hybridized carbons (Fsp3) is 0.500. The predicted octanol–water partition coefficient (Wildman–Crippen LogP) is 4.37. The van der Waals surface area contributed by atoms with Crippen LogP contribution in [0.2, 0.25) is 0 Å². The Hall–Kier alpha value is -2.32. The van der Waals surface area contributed by atoms with Gasteiger partial charge in [-0.1, -0.05) is 19.3 Å². The zero-order chi connectivity index (χ0) is 21.1. The highest BCUT2D eigenvalue weighted by Crippen LogP contribution is 2.27. The molecule has 162 valence electrons. The van der Waals surface area contributed by atoms with Gasteiger partial charge < -0.3 is 15.1 Å². The van der Waals surface area contributed by atoms with Crippen LogP contribution >= 0.6 is 0 Å². The van der Waals surface area contributed by atoms with Gasteiger partial charge in [-0.25, -0.2) is 8.42 Å². The first-order valence-corrected chi connectivity index (χ1v) is 12.2. The van der Waals surface area contributed by atoms with Crippen molar-refractivity contribution in [2.75, 3.05) is 23.7 Å². The molecule has 2 fully saturated rings. The Labute approximate surface area is 177 Å². The second kappa shape index (κ2) is 8.81. The molecule has 1 amide bonds. The molecule has 2 N–H and O–H groups in total. The molecule has 0 unspecified atom stereocenters. The highest BCUT2D eigenvalue weighted by molar-refractivity contribution is 7.89. The van der Waals surface area contributed by atoms with Crippen molar-refractivity contribution >= 4 is 27.3 Å². The smallest absolute Gasteiger partial charge is 0.291 e. The highest BCUT2D eigenvalue weighted by atomic mass is 32.2. The van der Waals surface area contributed by atoms with Gasteiger partial charge in [-0.3, -0.25) is 4.79 Å². The Kier molecular flexibility index (Phi) is 6.15. The molecular formula is C22H29N3O4S. The molecule has 0 radical (unpaired) electrons. The van der Waals surface area contributed by atoms with Crippen molar-refractivity contribution in [1.82, 2.24) is 4.31 Å². The maximum atomic E-state index is 12.8. The minimum absolute atomic E-state index is 0.00493. The van der Waals surface area contributed by atoms with Crippen LogP contribution in [0.5, 0.6) is 0 Å². The van der Waals surface area contributed by atoms with Crippen LogP contribution in [-0.4, -0.2) is 37.8 Å². The van der Waals surface area contributed by atoms with Gasteiger partial charge in [0, 0.05) is 36.6 Å². The van der Waals surface area contributed by atoms with E-state index < -0.39 is 15.9 Å². The van der Waals surface area contributed by atoms with E-state index >= 15 is 0 Å². The molecule has 30 heavy (non-hydrogen) atoms. The van der Waals surface area contributed by atoms with Crippen molar-refractivity contribution in [1.29, 1.82) is 0 Å². The van der Waals surface area contributed by atoms with E-state index in [4.69, 9.17) is 4.42 Å². The van der Waals surface area contributed by atoms with Crippen LogP contribution in [0.1, 0.15) is 61.3 Å². The molecule has 2 aromatic rings. The van der Waals surface area contributed by atoms with Crippen LogP contribution in [0.15, 0.2) is 39.6 Å². The molecule has 1 aliphatic heterocycles. The van der Waals surface area contributed by atoms with E-state index in [-0.39, 0.29) is 16.4 Å². The summed E-state index contributed by atoms with van der Waals surface area (Å²) in [6, 6.07) is 9.40. The molecule has 0 atom stereocenters. The monoisotopic (exact) mass is 431 g/mol. The van der Waals surface area contributed by atoms with Gasteiger partial charge in [0.15, 0.2) is 5.76 Å². The lowest BCUT2D eigenvalue weighted by Crippen LogP contribution is -2.28. The molecule has 1 saturated carbocycles. The quantitative estimate of drug-likeness (QED) is 0.709. The summed E-state index contributed by atoms with van der Waals surface area (Å²) >= 11 is 0. The highest BCUT2D eigenvalue weighted by Gasteiger charge is 2.31. The fourth-order valence-corrected chi connectivity index (χ4v) is 5.90. The van der Waals surface area contributed by atoms with Crippen LogP contribution in [0.25, 0.3) is 0 Å². The molecule has 2 aliphatic rings. The van der Waals surface area contributed by atoms with Crippen LogP contribution in [-0.2, 0) is 10.0 Å². The van der Waals surface area contributed by atoms with Gasteiger partial charge in [0.05, 0.1) is 0 Å². The molecule has 0 bridgehead atoms. The SMILES string of the molecule is Cc1oc(C(=O)Nc2ccc(NC3CCCCC3)cc2)cc1S(=O)(=O)N1CCCC1. The first-order valence-electron chi connectivity index (χ1n) is 10.7. The third-order valence-corrected chi connectivity index (χ3v) is 7.90. The topological polar surface area (TPSA) is 91.6 Å². The Morgan fingerprint density at radius 1 is 1.00 bits per heavy atom. The number of amides is 1. The van der Waals surface area contributed by atoms with E-state index in [0.717, 1.165) is 18.5 Å². The summed E-state index contributed by atoms with van der Waals surface area (Å²) in [5.41, 5.74) is 1.67. The third-order valence-electron chi connectivity index (χ3n) is 5.90. The number of nitrogens with zero attached hydrogens (tertiary/aromatic N) is 1. The first-order chi connectivity index (χ1) is 14.4. The summed E-state index contributed by atoms with van der Waals surface area (Å²) in [4.78, 5) is 12.7. The maximum absolute atomic E-state index is 12.8. The Morgan fingerprint density at radius 2 is 1.63 bits per heavy atom. The minimum Gasteiger partial charge on any atom is -0.455 e. The van der Waals surface area contributed by atoms with Gasteiger partial charge in [0.2, 0.25) is 10.0 Å². The second-order valence-electron chi connectivity index (χ2n) is 8.15. The third kappa shape index (κ3) is 4.54. The van der Waals surface area contributed by atoms with Gasteiger partial charge >= 0.3 is 0 Å². The lowest BCUT2D eigenvalue weighted by atomic mass is 9.95. The summed E-state index contributed by atoms with van der Waals surface area (Å²) in [7, 11) is -3.62. The molecule has 1 saturated heterocycles. The number of anilines is 2. The number of sulfonamides is 1. The Bertz CT molecular complexity index is 986. The van der Waals surface area contributed by atoms with Crippen LogP contribution in [0.4, 0.5) is 11.4 Å². The van der Waals surface area contributed by atoms with Crippen molar-refractivity contribution in [3.05, 3.63) is 41.9 Å². The molecule has 1 aliphatic carbocycles.